The molecule has 5 rings (SSSR count). The highest BCUT2D eigenvalue weighted by atomic mass is 16.5. The zero-order valence-electron chi connectivity index (χ0n) is 20.7. The summed E-state index contributed by atoms with van der Waals surface area (Å²) in [6.45, 7) is 8.19. The van der Waals surface area contributed by atoms with Crippen LogP contribution in [0, 0.1) is 0 Å². The molecule has 11 nitrogen and oxygen atoms in total. The van der Waals surface area contributed by atoms with Gasteiger partial charge in [-0.15, -0.1) is 0 Å². The number of aliphatic hydroxyl groups is 1. The lowest BCUT2D eigenvalue weighted by Gasteiger charge is -2.37. The fourth-order valence-electron chi connectivity index (χ4n) is 4.74. The lowest BCUT2D eigenvalue weighted by molar-refractivity contribution is -0.119. The molecule has 190 valence electrons. The van der Waals surface area contributed by atoms with E-state index in [1.165, 1.54) is 6.20 Å². The van der Waals surface area contributed by atoms with Crippen molar-refractivity contribution in [2.45, 2.75) is 38.4 Å². The first-order valence-corrected chi connectivity index (χ1v) is 12.0. The second-order valence-corrected chi connectivity index (χ2v) is 10.2. The van der Waals surface area contributed by atoms with Gasteiger partial charge in [-0.2, -0.15) is 5.10 Å². The Balaban J connectivity index is 1.47. The molecule has 1 unspecified atom stereocenters. The summed E-state index contributed by atoms with van der Waals surface area (Å²) >= 11 is 0. The van der Waals surface area contributed by atoms with Gasteiger partial charge in [-0.25, -0.2) is 9.50 Å². The molecule has 4 N–H and O–H groups in total. The van der Waals surface area contributed by atoms with Crippen molar-refractivity contribution in [3.63, 3.8) is 0 Å². The second kappa shape index (κ2) is 8.75. The van der Waals surface area contributed by atoms with Gasteiger partial charge in [0.2, 0.25) is 5.91 Å². The van der Waals surface area contributed by atoms with Crippen LogP contribution in [0.25, 0.3) is 5.65 Å². The van der Waals surface area contributed by atoms with E-state index in [1.807, 2.05) is 24.0 Å². The van der Waals surface area contributed by atoms with Gasteiger partial charge in [0, 0.05) is 56.6 Å². The summed E-state index contributed by atoms with van der Waals surface area (Å²) in [5.74, 6) is 0.0153. The molecule has 1 saturated heterocycles. The summed E-state index contributed by atoms with van der Waals surface area (Å²) in [5, 5.41) is 18.0. The molecule has 2 amide bonds. The van der Waals surface area contributed by atoms with Crippen LogP contribution in [-0.2, 0) is 11.2 Å². The van der Waals surface area contributed by atoms with Crippen LogP contribution >= 0.6 is 0 Å². The number of carbonyl (C=O) groups is 2. The van der Waals surface area contributed by atoms with Gasteiger partial charge in [0.15, 0.2) is 5.65 Å². The largest absolute Gasteiger partial charge is 0.484 e. The Bertz CT molecular complexity index is 1320. The van der Waals surface area contributed by atoms with Gasteiger partial charge in [-0.05, 0) is 32.9 Å². The molecule has 2 aliphatic heterocycles. The Hall–Kier alpha value is -3.70. The van der Waals surface area contributed by atoms with Crippen molar-refractivity contribution < 1.29 is 19.4 Å². The highest BCUT2D eigenvalue weighted by Gasteiger charge is 2.47. The molecule has 1 aromatic carbocycles. The van der Waals surface area contributed by atoms with Crippen LogP contribution in [0.1, 0.15) is 36.7 Å². The fraction of sp³-hybridized carbons (Fsp3) is 0.440. The Labute approximate surface area is 208 Å². The Kier molecular flexibility index (Phi) is 5.84. The number of amides is 2. The van der Waals surface area contributed by atoms with Crippen LogP contribution in [0.15, 0.2) is 36.8 Å². The average molecular weight is 494 g/mol. The lowest BCUT2D eigenvalue weighted by atomic mass is 9.84. The summed E-state index contributed by atoms with van der Waals surface area (Å²) in [6.07, 6.45) is 5.36. The SMILES string of the molecule is CC(C)(O)C1(C)Cc2cc(NC(=O)c3cnn4cccnc34)c(N3CCN(CC(N)=O)CC3)cc2O1. The first kappa shape index (κ1) is 24.0. The predicted octanol–water partition coefficient (Wildman–Crippen LogP) is 1.05. The minimum atomic E-state index is -1.07. The molecule has 2 aliphatic rings. The number of piperazine rings is 1. The Morgan fingerprint density at radius 3 is 2.69 bits per heavy atom. The molecule has 1 fully saturated rings. The number of carbonyl (C=O) groups excluding carboxylic acids is 2. The van der Waals surface area contributed by atoms with E-state index in [1.54, 1.807) is 36.8 Å². The predicted molar refractivity (Wildman–Crippen MR) is 134 cm³/mol. The normalized spacial score (nSPS) is 20.3. The fourth-order valence-corrected chi connectivity index (χ4v) is 4.74. The highest BCUT2D eigenvalue weighted by Crippen LogP contribution is 2.45. The Morgan fingerprint density at radius 1 is 1.25 bits per heavy atom. The minimum Gasteiger partial charge on any atom is -0.484 e. The maximum absolute atomic E-state index is 13.3. The topological polar surface area (TPSA) is 138 Å². The van der Waals surface area contributed by atoms with Crippen LogP contribution in [-0.4, -0.2) is 80.3 Å². The second-order valence-electron chi connectivity index (χ2n) is 10.2. The van der Waals surface area contributed by atoms with Crippen LogP contribution in [0.2, 0.25) is 0 Å². The van der Waals surface area contributed by atoms with E-state index in [9.17, 15) is 14.7 Å². The van der Waals surface area contributed by atoms with Crippen molar-refractivity contribution in [3.8, 4) is 5.75 Å². The number of aromatic nitrogens is 3. The summed E-state index contributed by atoms with van der Waals surface area (Å²) < 4.78 is 7.82. The van der Waals surface area contributed by atoms with Crippen molar-refractivity contribution in [1.82, 2.24) is 19.5 Å². The van der Waals surface area contributed by atoms with Gasteiger partial charge in [0.05, 0.1) is 29.7 Å². The quantitative estimate of drug-likeness (QED) is 0.463. The van der Waals surface area contributed by atoms with Crippen LogP contribution in [0.3, 0.4) is 0 Å². The molecule has 0 saturated carbocycles. The van der Waals surface area contributed by atoms with E-state index >= 15 is 0 Å². The third kappa shape index (κ3) is 4.35. The van der Waals surface area contributed by atoms with Gasteiger partial charge < -0.3 is 25.8 Å². The molecule has 0 aliphatic carbocycles. The number of nitrogens with zero attached hydrogens (tertiary/aromatic N) is 5. The molecule has 0 spiro atoms. The minimum absolute atomic E-state index is 0.219. The molecule has 0 radical (unpaired) electrons. The standard InChI is InChI=1S/C25H31N7O4/c1-24(2,35)25(3)13-16-11-18(29-23(34)17-14-28-32-6-4-5-27-22(17)32)19(12-20(16)36-25)31-9-7-30(8-10-31)15-21(26)33/h4-6,11-12,14,35H,7-10,13,15H2,1-3H3,(H2,26,33)(H,29,34). The summed E-state index contributed by atoms with van der Waals surface area (Å²) in [7, 11) is 0. The molecule has 2 aromatic heterocycles. The zero-order chi connectivity index (χ0) is 25.7. The molecular weight excluding hydrogens is 462 g/mol. The van der Waals surface area contributed by atoms with Crippen LogP contribution < -0.4 is 20.7 Å². The third-order valence-corrected chi connectivity index (χ3v) is 7.20. The molecule has 4 heterocycles. The van der Waals surface area contributed by atoms with Gasteiger partial charge >= 0.3 is 0 Å². The van der Waals surface area contributed by atoms with Gasteiger partial charge in [-0.3, -0.25) is 14.5 Å². The number of rotatable bonds is 6. The van der Waals surface area contributed by atoms with Gasteiger partial charge in [0.1, 0.15) is 16.9 Å². The summed E-state index contributed by atoms with van der Waals surface area (Å²) in [6, 6.07) is 5.60. The van der Waals surface area contributed by atoms with Crippen molar-refractivity contribution >= 4 is 28.8 Å². The average Bonchev–Trinajstić information content (AvgIpc) is 3.39. The van der Waals surface area contributed by atoms with E-state index in [0.29, 0.717) is 55.2 Å². The van der Waals surface area contributed by atoms with Gasteiger partial charge in [-0.1, -0.05) is 0 Å². The van der Waals surface area contributed by atoms with Crippen molar-refractivity contribution in [3.05, 3.63) is 47.9 Å². The van der Waals surface area contributed by atoms with E-state index in [-0.39, 0.29) is 18.4 Å². The zero-order valence-corrected chi connectivity index (χ0v) is 20.7. The number of anilines is 2. The molecule has 3 aromatic rings. The third-order valence-electron chi connectivity index (χ3n) is 7.20. The molecule has 1 atom stereocenters. The van der Waals surface area contributed by atoms with Crippen LogP contribution in [0.4, 0.5) is 11.4 Å². The van der Waals surface area contributed by atoms with Gasteiger partial charge in [0.25, 0.3) is 5.91 Å². The van der Waals surface area contributed by atoms with E-state index in [4.69, 9.17) is 10.5 Å². The summed E-state index contributed by atoms with van der Waals surface area (Å²) in [4.78, 5) is 33.1. The summed E-state index contributed by atoms with van der Waals surface area (Å²) in [5.41, 5.74) is 6.68. The van der Waals surface area contributed by atoms with E-state index in [0.717, 1.165) is 11.3 Å². The van der Waals surface area contributed by atoms with E-state index < -0.39 is 11.2 Å². The van der Waals surface area contributed by atoms with E-state index in [2.05, 4.69) is 20.3 Å². The Morgan fingerprint density at radius 2 is 2.00 bits per heavy atom. The first-order chi connectivity index (χ1) is 17.0. The first-order valence-electron chi connectivity index (χ1n) is 12.0. The number of nitrogens with one attached hydrogen (secondary N) is 1. The monoisotopic (exact) mass is 493 g/mol. The molecule has 0 bridgehead atoms. The smallest absolute Gasteiger partial charge is 0.261 e. The maximum Gasteiger partial charge on any atom is 0.261 e. The molecule has 11 heteroatoms. The number of nitrogens with two attached hydrogens (primary N) is 1. The molecule has 36 heavy (non-hydrogen) atoms. The number of hydrogen-bond acceptors (Lipinski definition) is 8. The number of benzene rings is 1. The van der Waals surface area contributed by atoms with Crippen molar-refractivity contribution in [2.24, 2.45) is 5.73 Å². The number of fused-ring (bicyclic) bond motifs is 2. The lowest BCUT2D eigenvalue weighted by Crippen LogP contribution is -2.51. The number of primary amides is 1. The number of ether oxygens (including phenoxy) is 1. The van der Waals surface area contributed by atoms with Crippen molar-refractivity contribution in [2.75, 3.05) is 42.9 Å². The van der Waals surface area contributed by atoms with Crippen LogP contribution in [0.5, 0.6) is 5.75 Å². The molecular formula is C25H31N7O4. The maximum atomic E-state index is 13.3. The number of hydrogen-bond donors (Lipinski definition) is 3. The van der Waals surface area contributed by atoms with Crippen molar-refractivity contribution in [1.29, 1.82) is 0 Å². The highest BCUT2D eigenvalue weighted by molar-refractivity contribution is 6.09.